The second kappa shape index (κ2) is 8.03. The number of fused-ring (bicyclic) bond motifs is 3. The van der Waals surface area contributed by atoms with Gasteiger partial charge in [0.25, 0.3) is 5.91 Å². The minimum absolute atomic E-state index is 0.0427. The second-order valence-electron chi connectivity index (χ2n) is 9.18. The van der Waals surface area contributed by atoms with E-state index in [-0.39, 0.29) is 12.5 Å². The van der Waals surface area contributed by atoms with Crippen molar-refractivity contribution < 1.29 is 14.6 Å². The zero-order valence-electron chi connectivity index (χ0n) is 17.3. The molecule has 3 aliphatic rings. The molecule has 4 atom stereocenters. The maximum absolute atomic E-state index is 12.5. The van der Waals surface area contributed by atoms with Crippen LogP contribution in [0, 0.1) is 5.92 Å². The summed E-state index contributed by atoms with van der Waals surface area (Å²) >= 11 is 0. The van der Waals surface area contributed by atoms with Crippen LogP contribution in [0.2, 0.25) is 0 Å². The lowest BCUT2D eigenvalue weighted by molar-refractivity contribution is -0.121. The molecule has 0 spiro atoms. The number of aliphatic hydroxyl groups is 1. The fourth-order valence-electron chi connectivity index (χ4n) is 5.51. The fraction of sp³-hybridized carbons (Fsp3) is 0.696. The highest BCUT2D eigenvalue weighted by Gasteiger charge is 2.47. The van der Waals surface area contributed by atoms with Crippen LogP contribution in [0.3, 0.4) is 0 Å². The summed E-state index contributed by atoms with van der Waals surface area (Å²) in [6.07, 6.45) is 7.43. The van der Waals surface area contributed by atoms with Crippen molar-refractivity contribution in [3.05, 3.63) is 24.3 Å². The summed E-state index contributed by atoms with van der Waals surface area (Å²) in [6.45, 7) is 6.27. The zero-order valence-corrected chi connectivity index (χ0v) is 17.3. The van der Waals surface area contributed by atoms with Crippen LogP contribution in [0.25, 0.3) is 0 Å². The summed E-state index contributed by atoms with van der Waals surface area (Å²) in [7, 11) is 0. The van der Waals surface area contributed by atoms with Crippen LogP contribution in [0.5, 0.6) is 5.75 Å². The van der Waals surface area contributed by atoms with E-state index in [2.05, 4.69) is 18.7 Å². The number of hydrogen-bond donors (Lipinski definition) is 1. The van der Waals surface area contributed by atoms with Gasteiger partial charge < -0.3 is 14.7 Å². The number of unbranched alkanes of at least 4 members (excludes halogenated alkanes) is 1. The van der Waals surface area contributed by atoms with Gasteiger partial charge in [-0.2, -0.15) is 0 Å². The smallest absolute Gasteiger partial charge is 0.265 e. The second-order valence-corrected chi connectivity index (χ2v) is 9.18. The number of amides is 1. The lowest BCUT2D eigenvalue weighted by atomic mass is 9.82. The third-order valence-electron chi connectivity index (χ3n) is 6.82. The SMILES string of the molecule is CCCC[C@]1(O)CC2CC[C@H](C1)N2CC(C)CN1C(=O)COc2ccccc21. The third kappa shape index (κ3) is 3.92. The molecule has 5 heteroatoms. The first-order chi connectivity index (χ1) is 13.5. The van der Waals surface area contributed by atoms with E-state index in [4.69, 9.17) is 4.74 Å². The van der Waals surface area contributed by atoms with Crippen molar-refractivity contribution in [3.63, 3.8) is 0 Å². The number of benzene rings is 1. The Morgan fingerprint density at radius 1 is 1.21 bits per heavy atom. The van der Waals surface area contributed by atoms with E-state index in [0.29, 0.717) is 18.0 Å². The average Bonchev–Trinajstić information content (AvgIpc) is 2.93. The van der Waals surface area contributed by atoms with Gasteiger partial charge in [-0.15, -0.1) is 0 Å². The quantitative estimate of drug-likeness (QED) is 0.778. The summed E-state index contributed by atoms with van der Waals surface area (Å²) in [5, 5.41) is 11.0. The Hall–Kier alpha value is -1.59. The molecule has 5 nitrogen and oxygen atoms in total. The normalized spacial score (nSPS) is 30.8. The fourth-order valence-corrected chi connectivity index (χ4v) is 5.51. The first kappa shape index (κ1) is 19.7. The molecule has 1 aromatic rings. The molecule has 2 fully saturated rings. The Bertz CT molecular complexity index is 693. The monoisotopic (exact) mass is 386 g/mol. The van der Waals surface area contributed by atoms with Crippen LogP contribution in [-0.2, 0) is 4.79 Å². The molecule has 3 heterocycles. The number of rotatable bonds is 7. The van der Waals surface area contributed by atoms with E-state index in [1.807, 2.05) is 29.2 Å². The number of hydrogen-bond acceptors (Lipinski definition) is 4. The van der Waals surface area contributed by atoms with Crippen molar-refractivity contribution >= 4 is 11.6 Å². The van der Waals surface area contributed by atoms with Crippen molar-refractivity contribution in [2.24, 2.45) is 5.92 Å². The van der Waals surface area contributed by atoms with E-state index < -0.39 is 5.60 Å². The maximum atomic E-state index is 12.5. The Kier molecular flexibility index (Phi) is 5.66. The van der Waals surface area contributed by atoms with Gasteiger partial charge in [-0.25, -0.2) is 0 Å². The molecule has 1 amide bonds. The number of carbonyl (C=O) groups excluding carboxylic acids is 1. The van der Waals surface area contributed by atoms with E-state index >= 15 is 0 Å². The van der Waals surface area contributed by atoms with Gasteiger partial charge in [0.05, 0.1) is 11.3 Å². The molecule has 0 aromatic heterocycles. The molecular weight excluding hydrogens is 352 g/mol. The summed E-state index contributed by atoms with van der Waals surface area (Å²) in [5.41, 5.74) is 0.432. The molecule has 4 rings (SSSR count). The number of piperidine rings is 1. The Balaban J connectivity index is 1.39. The van der Waals surface area contributed by atoms with Crippen LogP contribution in [-0.4, -0.2) is 53.3 Å². The van der Waals surface area contributed by atoms with Gasteiger partial charge in [0.15, 0.2) is 6.61 Å². The van der Waals surface area contributed by atoms with Crippen LogP contribution in [0.1, 0.15) is 58.8 Å². The van der Waals surface area contributed by atoms with Gasteiger partial charge in [0.1, 0.15) is 5.75 Å². The number of carbonyl (C=O) groups is 1. The van der Waals surface area contributed by atoms with Crippen LogP contribution in [0.15, 0.2) is 24.3 Å². The van der Waals surface area contributed by atoms with Gasteiger partial charge in [-0.05, 0) is 50.2 Å². The molecule has 1 N–H and O–H groups in total. The molecule has 154 valence electrons. The minimum atomic E-state index is -0.458. The number of nitrogens with zero attached hydrogens (tertiary/aromatic N) is 2. The molecule has 2 bridgehead atoms. The topological polar surface area (TPSA) is 53.0 Å². The number of para-hydroxylation sites is 2. The van der Waals surface area contributed by atoms with Crippen molar-refractivity contribution in [2.75, 3.05) is 24.6 Å². The van der Waals surface area contributed by atoms with Crippen molar-refractivity contribution in [3.8, 4) is 5.75 Å². The molecule has 2 unspecified atom stereocenters. The molecule has 28 heavy (non-hydrogen) atoms. The van der Waals surface area contributed by atoms with E-state index in [9.17, 15) is 9.90 Å². The van der Waals surface area contributed by atoms with Gasteiger partial charge in [0, 0.05) is 25.2 Å². The maximum Gasteiger partial charge on any atom is 0.265 e. The van der Waals surface area contributed by atoms with E-state index in [1.165, 1.54) is 12.8 Å². The highest BCUT2D eigenvalue weighted by Crippen LogP contribution is 2.43. The summed E-state index contributed by atoms with van der Waals surface area (Å²) in [6, 6.07) is 8.80. The largest absolute Gasteiger partial charge is 0.482 e. The summed E-state index contributed by atoms with van der Waals surface area (Å²) in [4.78, 5) is 17.0. The Morgan fingerprint density at radius 3 is 2.64 bits per heavy atom. The zero-order chi connectivity index (χ0) is 19.7. The third-order valence-corrected chi connectivity index (χ3v) is 6.82. The molecule has 0 aliphatic carbocycles. The van der Waals surface area contributed by atoms with Gasteiger partial charge >= 0.3 is 0 Å². The summed E-state index contributed by atoms with van der Waals surface area (Å²) in [5.74, 6) is 1.22. The molecule has 1 aromatic carbocycles. The lowest BCUT2D eigenvalue weighted by Crippen LogP contribution is -2.53. The Morgan fingerprint density at radius 2 is 1.93 bits per heavy atom. The van der Waals surface area contributed by atoms with Crippen LogP contribution >= 0.6 is 0 Å². The Labute approximate surface area is 168 Å². The minimum Gasteiger partial charge on any atom is -0.482 e. The van der Waals surface area contributed by atoms with Gasteiger partial charge in [-0.3, -0.25) is 9.69 Å². The predicted octanol–water partition coefficient (Wildman–Crippen LogP) is 3.60. The lowest BCUT2D eigenvalue weighted by Gasteiger charge is -2.45. The predicted molar refractivity (Wildman–Crippen MR) is 111 cm³/mol. The van der Waals surface area contributed by atoms with Crippen molar-refractivity contribution in [2.45, 2.75) is 76.5 Å². The average molecular weight is 387 g/mol. The first-order valence-corrected chi connectivity index (χ1v) is 11.0. The molecule has 0 radical (unpaired) electrons. The number of ether oxygens (including phenoxy) is 1. The van der Waals surface area contributed by atoms with Crippen LogP contribution < -0.4 is 9.64 Å². The summed E-state index contributed by atoms with van der Waals surface area (Å²) < 4.78 is 5.57. The molecule has 3 aliphatic heterocycles. The standard InChI is InChI=1S/C23H34N2O3/c1-3-4-11-23(27)12-18-9-10-19(13-23)24(18)14-17(2)15-25-20-7-5-6-8-21(20)28-16-22(25)26/h5-8,17-19,27H,3-4,9-16H2,1-2H3/t17?,18-,19?,23-/m1/s1. The van der Waals surface area contributed by atoms with E-state index in [1.54, 1.807) is 0 Å². The first-order valence-electron chi connectivity index (χ1n) is 11.0. The molecule has 2 saturated heterocycles. The van der Waals surface area contributed by atoms with E-state index in [0.717, 1.165) is 56.6 Å². The highest BCUT2D eigenvalue weighted by atomic mass is 16.5. The van der Waals surface area contributed by atoms with Crippen molar-refractivity contribution in [1.29, 1.82) is 0 Å². The van der Waals surface area contributed by atoms with Crippen molar-refractivity contribution in [1.82, 2.24) is 4.90 Å². The van der Waals surface area contributed by atoms with Gasteiger partial charge in [-0.1, -0.05) is 38.8 Å². The van der Waals surface area contributed by atoms with Crippen LogP contribution in [0.4, 0.5) is 5.69 Å². The molecule has 0 saturated carbocycles. The van der Waals surface area contributed by atoms with Gasteiger partial charge in [0.2, 0.25) is 0 Å². The molecular formula is C23H34N2O3. The highest BCUT2D eigenvalue weighted by molar-refractivity contribution is 5.97. The number of anilines is 1.